The normalized spacial score (nSPS) is 11.5. The molecule has 0 saturated heterocycles. The van der Waals surface area contributed by atoms with Crippen molar-refractivity contribution >= 4 is 17.5 Å². The maximum absolute atomic E-state index is 11.7. The predicted molar refractivity (Wildman–Crippen MR) is 71.8 cm³/mol. The first kappa shape index (κ1) is 13.3. The molecule has 0 N–H and O–H groups in total. The summed E-state index contributed by atoms with van der Waals surface area (Å²) in [7, 11) is 0. The molecule has 1 aromatic rings. The molecular weight excluding hydrogens is 216 g/mol. The molecule has 0 heterocycles. The van der Waals surface area contributed by atoms with Crippen LogP contribution in [0, 0.1) is 12.3 Å². The van der Waals surface area contributed by atoms with Gasteiger partial charge in [0.25, 0.3) is 0 Å². The number of ketones is 1. The molecular formula is C14H20OS. The summed E-state index contributed by atoms with van der Waals surface area (Å²) in [4.78, 5) is 11.7. The summed E-state index contributed by atoms with van der Waals surface area (Å²) in [5, 5.41) is 0. The highest BCUT2D eigenvalue weighted by atomic mass is 32.2. The smallest absolute Gasteiger partial charge is 0.148 e. The maximum Gasteiger partial charge on any atom is 0.148 e. The lowest BCUT2D eigenvalue weighted by Crippen LogP contribution is -2.22. The van der Waals surface area contributed by atoms with Gasteiger partial charge in [-0.1, -0.05) is 45.0 Å². The van der Waals surface area contributed by atoms with Crippen LogP contribution in [0.15, 0.2) is 24.3 Å². The van der Waals surface area contributed by atoms with Crippen LogP contribution in [0.4, 0.5) is 0 Å². The first-order chi connectivity index (χ1) is 7.41. The lowest BCUT2D eigenvalue weighted by molar-refractivity contribution is -0.123. The molecule has 0 aliphatic carbocycles. The molecule has 16 heavy (non-hydrogen) atoms. The van der Waals surface area contributed by atoms with Gasteiger partial charge in [-0.25, -0.2) is 0 Å². The molecule has 0 aliphatic rings. The summed E-state index contributed by atoms with van der Waals surface area (Å²) in [5.74, 6) is 1.86. The number of rotatable bonds is 4. The number of carbonyl (C=O) groups excluding carboxylic acids is 1. The van der Waals surface area contributed by atoms with Crippen molar-refractivity contribution < 1.29 is 4.79 Å². The van der Waals surface area contributed by atoms with Gasteiger partial charge in [-0.3, -0.25) is 4.79 Å². The lowest BCUT2D eigenvalue weighted by atomic mass is 9.92. The van der Waals surface area contributed by atoms with Crippen LogP contribution in [0.25, 0.3) is 0 Å². The van der Waals surface area contributed by atoms with Crippen LogP contribution in [0.5, 0.6) is 0 Å². The van der Waals surface area contributed by atoms with Crippen molar-refractivity contribution in [3.63, 3.8) is 0 Å². The zero-order valence-electron chi connectivity index (χ0n) is 10.5. The average molecular weight is 236 g/mol. The third-order valence-corrected chi connectivity index (χ3v) is 3.57. The summed E-state index contributed by atoms with van der Waals surface area (Å²) >= 11 is 1.71. The highest BCUT2D eigenvalue weighted by Gasteiger charge is 2.20. The van der Waals surface area contributed by atoms with E-state index in [9.17, 15) is 4.79 Å². The van der Waals surface area contributed by atoms with Crippen LogP contribution in [0.3, 0.4) is 0 Å². The Balaban J connectivity index is 2.43. The summed E-state index contributed by atoms with van der Waals surface area (Å²) in [6.07, 6.45) is 0. The number of aryl methyl sites for hydroxylation is 1. The largest absolute Gasteiger partial charge is 0.298 e. The second-order valence-electron chi connectivity index (χ2n) is 5.09. The Morgan fingerprint density at radius 2 is 1.88 bits per heavy atom. The second-order valence-corrected chi connectivity index (χ2v) is 6.08. The van der Waals surface area contributed by atoms with Gasteiger partial charge in [-0.15, -0.1) is 11.8 Å². The molecule has 0 saturated carbocycles. The van der Waals surface area contributed by atoms with E-state index in [2.05, 4.69) is 25.1 Å². The summed E-state index contributed by atoms with van der Waals surface area (Å²) in [5.41, 5.74) is 2.42. The fraction of sp³-hybridized carbons (Fsp3) is 0.500. The first-order valence-corrected chi connectivity index (χ1v) is 6.72. The maximum atomic E-state index is 11.7. The number of Topliss-reactive ketones (excluding diaryl/α,β-unsaturated/α-hetero) is 1. The van der Waals surface area contributed by atoms with Crippen molar-refractivity contribution in [2.75, 3.05) is 5.75 Å². The Morgan fingerprint density at radius 1 is 1.25 bits per heavy atom. The van der Waals surface area contributed by atoms with Crippen LogP contribution in [0.1, 0.15) is 31.9 Å². The topological polar surface area (TPSA) is 17.1 Å². The molecule has 0 fully saturated rings. The van der Waals surface area contributed by atoms with Gasteiger partial charge in [-0.05, 0) is 18.1 Å². The minimum atomic E-state index is -0.210. The van der Waals surface area contributed by atoms with Crippen LogP contribution in [0.2, 0.25) is 0 Å². The van der Waals surface area contributed by atoms with E-state index in [1.54, 1.807) is 11.8 Å². The molecule has 0 radical (unpaired) electrons. The van der Waals surface area contributed by atoms with Crippen LogP contribution >= 0.6 is 11.8 Å². The monoisotopic (exact) mass is 236 g/mol. The molecule has 88 valence electrons. The van der Waals surface area contributed by atoms with Crippen LogP contribution in [-0.2, 0) is 10.5 Å². The molecule has 0 amide bonds. The molecule has 2 heteroatoms. The molecule has 0 unspecified atom stereocenters. The minimum Gasteiger partial charge on any atom is -0.298 e. The average Bonchev–Trinajstić information content (AvgIpc) is 2.19. The zero-order valence-corrected chi connectivity index (χ0v) is 11.4. The van der Waals surface area contributed by atoms with Gasteiger partial charge < -0.3 is 0 Å². The Bertz CT molecular complexity index is 363. The van der Waals surface area contributed by atoms with Crippen molar-refractivity contribution in [2.45, 2.75) is 33.4 Å². The van der Waals surface area contributed by atoms with Crippen LogP contribution in [-0.4, -0.2) is 11.5 Å². The van der Waals surface area contributed by atoms with Gasteiger partial charge in [0.05, 0.1) is 5.75 Å². The van der Waals surface area contributed by atoms with E-state index in [1.807, 2.05) is 26.8 Å². The van der Waals surface area contributed by atoms with E-state index in [-0.39, 0.29) is 5.41 Å². The number of hydrogen-bond acceptors (Lipinski definition) is 2. The van der Waals surface area contributed by atoms with Gasteiger partial charge in [-0.2, -0.15) is 0 Å². The lowest BCUT2D eigenvalue weighted by Gasteiger charge is -2.16. The molecule has 1 rings (SSSR count). The number of hydrogen-bond donors (Lipinski definition) is 0. The fourth-order valence-corrected chi connectivity index (χ4v) is 2.51. The number of thioether (sulfide) groups is 1. The van der Waals surface area contributed by atoms with Crippen molar-refractivity contribution in [1.29, 1.82) is 0 Å². The highest BCUT2D eigenvalue weighted by Crippen LogP contribution is 2.21. The van der Waals surface area contributed by atoms with Gasteiger partial charge in [0.1, 0.15) is 5.78 Å². The molecule has 0 aromatic heterocycles. The molecule has 0 atom stereocenters. The van der Waals surface area contributed by atoms with E-state index in [0.717, 1.165) is 5.75 Å². The molecule has 1 aromatic carbocycles. The fourth-order valence-electron chi connectivity index (χ4n) is 1.24. The van der Waals surface area contributed by atoms with Gasteiger partial charge >= 0.3 is 0 Å². The number of benzene rings is 1. The molecule has 0 aliphatic heterocycles. The summed E-state index contributed by atoms with van der Waals surface area (Å²) in [6.45, 7) is 8.04. The predicted octanol–water partition coefficient (Wildman–Crippen LogP) is 3.84. The van der Waals surface area contributed by atoms with Gasteiger partial charge in [0.2, 0.25) is 0 Å². The summed E-state index contributed by atoms with van der Waals surface area (Å²) in [6, 6.07) is 8.34. The van der Waals surface area contributed by atoms with Gasteiger partial charge in [0, 0.05) is 11.2 Å². The van der Waals surface area contributed by atoms with E-state index in [1.165, 1.54) is 11.1 Å². The van der Waals surface area contributed by atoms with Crippen molar-refractivity contribution in [3.8, 4) is 0 Å². The Morgan fingerprint density at radius 3 is 2.44 bits per heavy atom. The van der Waals surface area contributed by atoms with E-state index in [0.29, 0.717) is 11.5 Å². The Kier molecular flexibility index (Phi) is 4.60. The van der Waals surface area contributed by atoms with Crippen LogP contribution < -0.4 is 0 Å². The minimum absolute atomic E-state index is 0.210. The van der Waals surface area contributed by atoms with E-state index < -0.39 is 0 Å². The molecule has 1 nitrogen and oxygen atoms in total. The Labute approximate surface area is 103 Å². The third-order valence-electron chi connectivity index (χ3n) is 2.59. The SMILES string of the molecule is Cc1ccccc1CSCC(=O)C(C)(C)C. The third kappa shape index (κ3) is 4.01. The molecule has 0 bridgehead atoms. The first-order valence-electron chi connectivity index (χ1n) is 5.57. The number of carbonyl (C=O) groups is 1. The summed E-state index contributed by atoms with van der Waals surface area (Å²) < 4.78 is 0. The second kappa shape index (κ2) is 5.53. The zero-order chi connectivity index (χ0) is 12.2. The highest BCUT2D eigenvalue weighted by molar-refractivity contribution is 7.99. The van der Waals surface area contributed by atoms with Crippen molar-refractivity contribution in [1.82, 2.24) is 0 Å². The Hall–Kier alpha value is -0.760. The van der Waals surface area contributed by atoms with Gasteiger partial charge in [0.15, 0.2) is 0 Å². The standard InChI is InChI=1S/C14H20OS/c1-11-7-5-6-8-12(11)9-16-10-13(15)14(2,3)4/h5-8H,9-10H2,1-4H3. The van der Waals surface area contributed by atoms with Crippen molar-refractivity contribution in [2.24, 2.45) is 5.41 Å². The quantitative estimate of drug-likeness (QED) is 0.790. The van der Waals surface area contributed by atoms with E-state index >= 15 is 0 Å². The molecule has 0 spiro atoms. The van der Waals surface area contributed by atoms with Crippen molar-refractivity contribution in [3.05, 3.63) is 35.4 Å². The van der Waals surface area contributed by atoms with E-state index in [4.69, 9.17) is 0 Å².